The minimum atomic E-state index is -0.359. The van der Waals surface area contributed by atoms with Crippen molar-refractivity contribution in [1.82, 2.24) is 9.97 Å². The molecule has 1 aromatic carbocycles. The molecule has 1 aromatic heterocycles. The molecule has 3 saturated heterocycles. The van der Waals surface area contributed by atoms with Crippen LogP contribution in [0.3, 0.4) is 0 Å². The highest BCUT2D eigenvalue weighted by Crippen LogP contribution is 2.33. The van der Waals surface area contributed by atoms with Crippen LogP contribution < -0.4 is 15.1 Å². The molecule has 0 aliphatic carbocycles. The van der Waals surface area contributed by atoms with Crippen molar-refractivity contribution in [1.29, 1.82) is 0 Å². The van der Waals surface area contributed by atoms with E-state index in [4.69, 9.17) is 14.5 Å². The number of piperidine rings is 1. The molecule has 0 radical (unpaired) electrons. The van der Waals surface area contributed by atoms with Crippen molar-refractivity contribution in [2.24, 2.45) is 0 Å². The maximum Gasteiger partial charge on any atom is 0.229 e. The maximum atomic E-state index is 5.82. The minimum Gasteiger partial charge on any atom is -0.372 e. The van der Waals surface area contributed by atoms with Crippen molar-refractivity contribution in [3.63, 3.8) is 0 Å². The maximum absolute atomic E-state index is 5.82. The second-order valence-electron chi connectivity index (χ2n) is 7.70. The number of anilines is 4. The first-order valence-electron chi connectivity index (χ1n) is 10.3. The summed E-state index contributed by atoms with van der Waals surface area (Å²) >= 11 is 0. The van der Waals surface area contributed by atoms with Gasteiger partial charge in [-0.15, -0.1) is 0 Å². The molecular weight excluding hydrogens is 354 g/mol. The third kappa shape index (κ3) is 3.64. The SMILES string of the molecule is c1cc(N2CCC3(CC2)OCCO3)nc(Nc2ccc(N3CCCC3)cc2)n1. The summed E-state index contributed by atoms with van der Waals surface area (Å²) in [6.07, 6.45) is 6.14. The van der Waals surface area contributed by atoms with E-state index in [0.29, 0.717) is 19.2 Å². The lowest BCUT2D eigenvalue weighted by atomic mass is 10.0. The Balaban J connectivity index is 1.23. The quantitative estimate of drug-likeness (QED) is 0.873. The Kier molecular flexibility index (Phi) is 4.78. The van der Waals surface area contributed by atoms with Gasteiger partial charge in [-0.25, -0.2) is 4.98 Å². The van der Waals surface area contributed by atoms with Gasteiger partial charge < -0.3 is 24.6 Å². The van der Waals surface area contributed by atoms with Gasteiger partial charge in [-0.2, -0.15) is 4.98 Å². The number of hydrogen-bond acceptors (Lipinski definition) is 7. The predicted octanol–water partition coefficient (Wildman–Crippen LogP) is 3.16. The van der Waals surface area contributed by atoms with E-state index < -0.39 is 0 Å². The van der Waals surface area contributed by atoms with E-state index in [2.05, 4.69) is 44.4 Å². The van der Waals surface area contributed by atoms with Gasteiger partial charge in [0.1, 0.15) is 5.82 Å². The van der Waals surface area contributed by atoms with Crippen molar-refractivity contribution in [2.45, 2.75) is 31.5 Å². The number of hydrogen-bond donors (Lipinski definition) is 1. The van der Waals surface area contributed by atoms with Crippen LogP contribution in [0.5, 0.6) is 0 Å². The van der Waals surface area contributed by atoms with Gasteiger partial charge in [0.05, 0.1) is 13.2 Å². The zero-order valence-corrected chi connectivity index (χ0v) is 16.1. The van der Waals surface area contributed by atoms with Crippen LogP contribution in [0.25, 0.3) is 0 Å². The van der Waals surface area contributed by atoms with Gasteiger partial charge in [0.2, 0.25) is 5.95 Å². The Morgan fingerprint density at radius 1 is 0.857 bits per heavy atom. The van der Waals surface area contributed by atoms with Crippen LogP contribution in [0.1, 0.15) is 25.7 Å². The van der Waals surface area contributed by atoms with Crippen molar-refractivity contribution >= 4 is 23.1 Å². The fourth-order valence-electron chi connectivity index (χ4n) is 4.31. The van der Waals surface area contributed by atoms with Gasteiger partial charge in [0.25, 0.3) is 0 Å². The summed E-state index contributed by atoms with van der Waals surface area (Å²) in [7, 11) is 0. The van der Waals surface area contributed by atoms with Crippen LogP contribution in [0.2, 0.25) is 0 Å². The van der Waals surface area contributed by atoms with Gasteiger partial charge in [-0.3, -0.25) is 0 Å². The monoisotopic (exact) mass is 381 g/mol. The first-order valence-corrected chi connectivity index (χ1v) is 10.3. The van der Waals surface area contributed by atoms with Crippen molar-refractivity contribution < 1.29 is 9.47 Å². The molecule has 2 aromatic rings. The van der Waals surface area contributed by atoms with E-state index in [0.717, 1.165) is 50.5 Å². The van der Waals surface area contributed by atoms with Crippen molar-refractivity contribution in [2.75, 3.05) is 54.5 Å². The molecule has 1 spiro atoms. The first-order chi connectivity index (χ1) is 13.8. The van der Waals surface area contributed by atoms with E-state index in [-0.39, 0.29) is 5.79 Å². The zero-order chi connectivity index (χ0) is 18.8. The second-order valence-corrected chi connectivity index (χ2v) is 7.70. The van der Waals surface area contributed by atoms with Crippen LogP contribution in [0, 0.1) is 0 Å². The summed E-state index contributed by atoms with van der Waals surface area (Å²) in [6, 6.07) is 10.5. The van der Waals surface area contributed by atoms with Crippen molar-refractivity contribution in [3.05, 3.63) is 36.5 Å². The van der Waals surface area contributed by atoms with E-state index >= 15 is 0 Å². The zero-order valence-electron chi connectivity index (χ0n) is 16.1. The highest BCUT2D eigenvalue weighted by Gasteiger charge is 2.40. The number of benzene rings is 1. The molecule has 3 aliphatic rings. The van der Waals surface area contributed by atoms with Gasteiger partial charge in [0, 0.05) is 56.6 Å². The standard InChI is InChI=1S/C21H27N5O2/c1-2-12-25(11-1)18-5-3-17(4-6-18)23-20-22-10-7-19(24-20)26-13-8-21(9-14-26)27-15-16-28-21/h3-7,10H,1-2,8-9,11-16H2,(H,22,23,24). The van der Waals surface area contributed by atoms with Crippen LogP contribution >= 0.6 is 0 Å². The summed E-state index contributed by atoms with van der Waals surface area (Å²) in [4.78, 5) is 13.8. The van der Waals surface area contributed by atoms with Gasteiger partial charge in [-0.1, -0.05) is 0 Å². The van der Waals surface area contributed by atoms with E-state index in [1.807, 2.05) is 12.3 Å². The largest absolute Gasteiger partial charge is 0.372 e. The smallest absolute Gasteiger partial charge is 0.229 e. The first kappa shape index (κ1) is 17.7. The molecule has 0 atom stereocenters. The number of nitrogens with one attached hydrogen (secondary N) is 1. The van der Waals surface area contributed by atoms with Gasteiger partial charge in [-0.05, 0) is 43.2 Å². The van der Waals surface area contributed by atoms with Crippen LogP contribution in [0.4, 0.5) is 23.1 Å². The summed E-state index contributed by atoms with van der Waals surface area (Å²) < 4.78 is 11.6. The predicted molar refractivity (Wildman–Crippen MR) is 109 cm³/mol. The molecular formula is C21H27N5O2. The summed E-state index contributed by atoms with van der Waals surface area (Å²) in [6.45, 7) is 5.48. The fourth-order valence-corrected chi connectivity index (χ4v) is 4.31. The Labute approximate surface area is 165 Å². The van der Waals surface area contributed by atoms with Crippen molar-refractivity contribution in [3.8, 4) is 0 Å². The molecule has 0 unspecified atom stereocenters. The molecule has 0 bridgehead atoms. The van der Waals surface area contributed by atoms with E-state index in [1.165, 1.54) is 18.5 Å². The molecule has 28 heavy (non-hydrogen) atoms. The number of rotatable bonds is 4. The third-order valence-corrected chi connectivity index (χ3v) is 5.90. The Hall–Kier alpha value is -2.38. The molecule has 148 valence electrons. The second kappa shape index (κ2) is 7.56. The third-order valence-electron chi connectivity index (χ3n) is 5.90. The molecule has 5 rings (SSSR count). The molecule has 1 N–H and O–H groups in total. The molecule has 7 nitrogen and oxygen atoms in total. The van der Waals surface area contributed by atoms with E-state index in [1.54, 1.807) is 0 Å². The Morgan fingerprint density at radius 3 is 2.29 bits per heavy atom. The topological polar surface area (TPSA) is 62.8 Å². The summed E-state index contributed by atoms with van der Waals surface area (Å²) in [5, 5.41) is 3.33. The molecule has 7 heteroatoms. The average molecular weight is 381 g/mol. The lowest BCUT2D eigenvalue weighted by molar-refractivity contribution is -0.169. The fraction of sp³-hybridized carbons (Fsp3) is 0.524. The van der Waals surface area contributed by atoms with Crippen LogP contribution in [-0.4, -0.2) is 55.1 Å². The lowest BCUT2D eigenvalue weighted by Crippen LogP contribution is -2.45. The highest BCUT2D eigenvalue weighted by atomic mass is 16.7. The summed E-state index contributed by atoms with van der Waals surface area (Å²) in [5.74, 6) is 1.21. The average Bonchev–Trinajstić information content (AvgIpc) is 3.42. The van der Waals surface area contributed by atoms with Gasteiger partial charge >= 0.3 is 0 Å². The Morgan fingerprint density at radius 2 is 1.57 bits per heavy atom. The minimum absolute atomic E-state index is 0.359. The highest BCUT2D eigenvalue weighted by molar-refractivity contribution is 5.60. The normalized spacial score (nSPS) is 21.4. The summed E-state index contributed by atoms with van der Waals surface area (Å²) in [5.41, 5.74) is 2.29. The molecule has 3 fully saturated rings. The lowest BCUT2D eigenvalue weighted by Gasteiger charge is -2.38. The molecule has 3 aliphatic heterocycles. The van der Waals surface area contributed by atoms with E-state index in [9.17, 15) is 0 Å². The van der Waals surface area contributed by atoms with Crippen LogP contribution in [-0.2, 0) is 9.47 Å². The molecule has 0 saturated carbocycles. The number of aromatic nitrogens is 2. The van der Waals surface area contributed by atoms with Crippen LogP contribution in [0.15, 0.2) is 36.5 Å². The molecule has 4 heterocycles. The van der Waals surface area contributed by atoms with Gasteiger partial charge in [0.15, 0.2) is 5.79 Å². The number of nitrogens with zero attached hydrogens (tertiary/aromatic N) is 4. The Bertz CT molecular complexity index is 791. The molecule has 0 amide bonds. The number of ether oxygens (including phenoxy) is 2.